The van der Waals surface area contributed by atoms with Gasteiger partial charge < -0.3 is 15.8 Å². The standard InChI is InChI=1S/C9H16N2O3/c1-3-6-11-7(9(13)14-2)4-5-8(10)12/h3,7,11H,1,4-6H2,2H3,(H2,10,12)/t7-/m0/s1. The molecule has 0 fully saturated rings. The molecule has 1 atom stereocenters. The van der Waals surface area contributed by atoms with Gasteiger partial charge in [-0.15, -0.1) is 6.58 Å². The van der Waals surface area contributed by atoms with Gasteiger partial charge in [-0.2, -0.15) is 0 Å². The van der Waals surface area contributed by atoms with Gasteiger partial charge in [0.15, 0.2) is 0 Å². The van der Waals surface area contributed by atoms with Crippen LogP contribution in [0, 0.1) is 0 Å². The molecule has 3 N–H and O–H groups in total. The second-order valence-corrected chi connectivity index (χ2v) is 2.78. The number of esters is 1. The van der Waals surface area contributed by atoms with Crippen LogP contribution in [0.1, 0.15) is 12.8 Å². The zero-order chi connectivity index (χ0) is 11.0. The molecule has 0 rings (SSSR count). The van der Waals surface area contributed by atoms with Crippen LogP contribution in [0.25, 0.3) is 0 Å². The Balaban J connectivity index is 4.02. The monoisotopic (exact) mass is 200 g/mol. The second kappa shape index (κ2) is 7.08. The lowest BCUT2D eigenvalue weighted by Gasteiger charge is -2.14. The summed E-state index contributed by atoms with van der Waals surface area (Å²) in [5.74, 6) is -0.826. The summed E-state index contributed by atoms with van der Waals surface area (Å²) in [6.07, 6.45) is 2.12. The molecule has 5 nitrogen and oxygen atoms in total. The molecule has 0 saturated carbocycles. The molecular formula is C9H16N2O3. The lowest BCUT2D eigenvalue weighted by atomic mass is 10.1. The van der Waals surface area contributed by atoms with Crippen molar-refractivity contribution >= 4 is 11.9 Å². The quantitative estimate of drug-likeness (QED) is 0.431. The first-order chi connectivity index (χ1) is 6.61. The number of carbonyl (C=O) groups is 2. The number of primary amides is 1. The van der Waals surface area contributed by atoms with Crippen LogP contribution in [0.4, 0.5) is 0 Å². The Kier molecular flexibility index (Phi) is 6.39. The zero-order valence-electron chi connectivity index (χ0n) is 8.29. The van der Waals surface area contributed by atoms with Gasteiger partial charge in [0.05, 0.1) is 7.11 Å². The highest BCUT2D eigenvalue weighted by Gasteiger charge is 2.18. The molecule has 0 aromatic rings. The SMILES string of the molecule is C=CCN[C@@H](CCC(N)=O)C(=O)OC. The van der Waals surface area contributed by atoms with Crippen molar-refractivity contribution in [1.82, 2.24) is 5.32 Å². The van der Waals surface area contributed by atoms with E-state index in [-0.39, 0.29) is 6.42 Å². The summed E-state index contributed by atoms with van der Waals surface area (Å²) in [4.78, 5) is 21.7. The van der Waals surface area contributed by atoms with Crippen molar-refractivity contribution in [3.05, 3.63) is 12.7 Å². The molecule has 5 heteroatoms. The van der Waals surface area contributed by atoms with E-state index in [4.69, 9.17) is 5.73 Å². The summed E-state index contributed by atoms with van der Waals surface area (Å²) in [5, 5.41) is 2.88. The van der Waals surface area contributed by atoms with Crippen molar-refractivity contribution in [2.75, 3.05) is 13.7 Å². The van der Waals surface area contributed by atoms with Gasteiger partial charge in [0.1, 0.15) is 6.04 Å². The first-order valence-electron chi connectivity index (χ1n) is 4.32. The second-order valence-electron chi connectivity index (χ2n) is 2.78. The largest absolute Gasteiger partial charge is 0.468 e. The molecule has 80 valence electrons. The van der Waals surface area contributed by atoms with Crippen LogP contribution in [0.5, 0.6) is 0 Å². The Labute approximate surface area is 83.3 Å². The summed E-state index contributed by atoms with van der Waals surface area (Å²) in [7, 11) is 1.30. The number of nitrogens with two attached hydrogens (primary N) is 1. The van der Waals surface area contributed by atoms with Crippen molar-refractivity contribution in [2.45, 2.75) is 18.9 Å². The average Bonchev–Trinajstić information content (AvgIpc) is 2.16. The first kappa shape index (κ1) is 12.6. The van der Waals surface area contributed by atoms with Crippen LogP contribution in [-0.4, -0.2) is 31.6 Å². The van der Waals surface area contributed by atoms with E-state index in [2.05, 4.69) is 16.6 Å². The number of nitrogens with one attached hydrogen (secondary N) is 1. The summed E-state index contributed by atoms with van der Waals surface area (Å²) < 4.78 is 4.55. The van der Waals surface area contributed by atoms with E-state index in [1.54, 1.807) is 6.08 Å². The van der Waals surface area contributed by atoms with E-state index in [0.717, 1.165) is 0 Å². The van der Waals surface area contributed by atoms with Crippen molar-refractivity contribution in [2.24, 2.45) is 5.73 Å². The zero-order valence-corrected chi connectivity index (χ0v) is 8.29. The van der Waals surface area contributed by atoms with Crippen LogP contribution in [0.2, 0.25) is 0 Å². The fraction of sp³-hybridized carbons (Fsp3) is 0.556. The minimum absolute atomic E-state index is 0.157. The van der Waals surface area contributed by atoms with Crippen molar-refractivity contribution in [1.29, 1.82) is 0 Å². The number of hydrogen-bond donors (Lipinski definition) is 2. The van der Waals surface area contributed by atoms with Crippen molar-refractivity contribution in [3.63, 3.8) is 0 Å². The Morgan fingerprint density at radius 1 is 1.64 bits per heavy atom. The maximum Gasteiger partial charge on any atom is 0.322 e. The predicted octanol–water partition coefficient (Wildman–Crippen LogP) is -0.431. The Morgan fingerprint density at radius 3 is 2.71 bits per heavy atom. The molecule has 0 radical (unpaired) electrons. The molecular weight excluding hydrogens is 184 g/mol. The molecule has 0 heterocycles. The summed E-state index contributed by atoms with van der Waals surface area (Å²) >= 11 is 0. The number of methoxy groups -OCH3 is 1. The van der Waals surface area contributed by atoms with Gasteiger partial charge in [-0.3, -0.25) is 9.59 Å². The maximum absolute atomic E-state index is 11.2. The van der Waals surface area contributed by atoms with Crippen LogP contribution in [0.3, 0.4) is 0 Å². The third kappa shape index (κ3) is 5.31. The van der Waals surface area contributed by atoms with E-state index >= 15 is 0 Å². The summed E-state index contributed by atoms with van der Waals surface area (Å²) in [6, 6.07) is -0.495. The minimum atomic E-state index is -0.495. The van der Waals surface area contributed by atoms with Gasteiger partial charge in [0.2, 0.25) is 5.91 Å². The highest BCUT2D eigenvalue weighted by Crippen LogP contribution is 1.98. The van der Waals surface area contributed by atoms with Gasteiger partial charge in [-0.25, -0.2) is 0 Å². The van der Waals surface area contributed by atoms with Gasteiger partial charge in [0, 0.05) is 13.0 Å². The lowest BCUT2D eigenvalue weighted by Crippen LogP contribution is -2.38. The molecule has 0 spiro atoms. The Bertz CT molecular complexity index is 216. The van der Waals surface area contributed by atoms with Gasteiger partial charge in [-0.05, 0) is 6.42 Å². The number of carbonyl (C=O) groups excluding carboxylic acids is 2. The summed E-state index contributed by atoms with van der Waals surface area (Å²) in [5.41, 5.74) is 4.97. The topological polar surface area (TPSA) is 81.4 Å². The van der Waals surface area contributed by atoms with Gasteiger partial charge in [0.25, 0.3) is 0 Å². The maximum atomic E-state index is 11.2. The van der Waals surface area contributed by atoms with E-state index in [0.29, 0.717) is 13.0 Å². The fourth-order valence-corrected chi connectivity index (χ4v) is 0.958. The Hall–Kier alpha value is -1.36. The lowest BCUT2D eigenvalue weighted by molar-refractivity contribution is -0.143. The number of rotatable bonds is 7. The summed E-state index contributed by atoms with van der Waals surface area (Å²) in [6.45, 7) is 3.99. The van der Waals surface area contributed by atoms with Crippen molar-refractivity contribution in [3.8, 4) is 0 Å². The Morgan fingerprint density at radius 2 is 2.29 bits per heavy atom. The van der Waals surface area contributed by atoms with E-state index < -0.39 is 17.9 Å². The average molecular weight is 200 g/mol. The highest BCUT2D eigenvalue weighted by atomic mass is 16.5. The highest BCUT2D eigenvalue weighted by molar-refractivity contribution is 5.78. The molecule has 0 aromatic carbocycles. The number of ether oxygens (including phenoxy) is 1. The van der Waals surface area contributed by atoms with E-state index in [1.165, 1.54) is 7.11 Å². The molecule has 14 heavy (non-hydrogen) atoms. The number of amides is 1. The van der Waals surface area contributed by atoms with Crippen molar-refractivity contribution < 1.29 is 14.3 Å². The third-order valence-electron chi connectivity index (χ3n) is 1.67. The smallest absolute Gasteiger partial charge is 0.322 e. The normalized spacial score (nSPS) is 11.8. The molecule has 0 bridgehead atoms. The molecule has 0 saturated heterocycles. The van der Waals surface area contributed by atoms with Crippen LogP contribution in [-0.2, 0) is 14.3 Å². The van der Waals surface area contributed by atoms with Gasteiger partial charge in [-0.1, -0.05) is 6.08 Å². The van der Waals surface area contributed by atoms with Gasteiger partial charge >= 0.3 is 5.97 Å². The molecule has 0 aromatic heterocycles. The molecule has 0 unspecified atom stereocenters. The molecule has 0 aliphatic carbocycles. The molecule has 1 amide bonds. The van der Waals surface area contributed by atoms with E-state index in [9.17, 15) is 9.59 Å². The minimum Gasteiger partial charge on any atom is -0.468 e. The predicted molar refractivity (Wildman–Crippen MR) is 52.4 cm³/mol. The molecule has 0 aliphatic heterocycles. The van der Waals surface area contributed by atoms with Crippen LogP contribution >= 0.6 is 0 Å². The van der Waals surface area contributed by atoms with Crippen LogP contribution in [0.15, 0.2) is 12.7 Å². The number of hydrogen-bond acceptors (Lipinski definition) is 4. The fourth-order valence-electron chi connectivity index (χ4n) is 0.958. The van der Waals surface area contributed by atoms with Crippen LogP contribution < -0.4 is 11.1 Å². The van der Waals surface area contributed by atoms with E-state index in [1.807, 2.05) is 0 Å². The molecule has 0 aliphatic rings. The first-order valence-corrected chi connectivity index (χ1v) is 4.32. The third-order valence-corrected chi connectivity index (χ3v) is 1.67.